The van der Waals surface area contributed by atoms with Crippen LogP contribution in [-0.4, -0.2) is 57.0 Å². The van der Waals surface area contributed by atoms with Gasteiger partial charge in [-0.2, -0.15) is 0 Å². The fourth-order valence-electron chi connectivity index (χ4n) is 4.52. The first-order valence-electron chi connectivity index (χ1n) is 12.4. The van der Waals surface area contributed by atoms with Crippen molar-refractivity contribution < 1.29 is 19.1 Å². The zero-order valence-corrected chi connectivity index (χ0v) is 22.1. The van der Waals surface area contributed by atoms with E-state index < -0.39 is 17.5 Å². The van der Waals surface area contributed by atoms with E-state index in [2.05, 4.69) is 16.0 Å². The molecule has 9 heteroatoms. The first-order valence-corrected chi connectivity index (χ1v) is 12.4. The smallest absolute Gasteiger partial charge is 0.320 e. The topological polar surface area (TPSA) is 103 Å². The number of hydrogen-bond acceptors (Lipinski definition) is 5. The van der Waals surface area contributed by atoms with Crippen LogP contribution in [0.2, 0.25) is 0 Å². The van der Waals surface area contributed by atoms with Crippen LogP contribution in [0.15, 0.2) is 72.8 Å². The average Bonchev–Trinajstić information content (AvgIpc) is 3.11. The van der Waals surface area contributed by atoms with E-state index in [0.717, 1.165) is 5.56 Å². The summed E-state index contributed by atoms with van der Waals surface area (Å²) < 4.78 is 5.24. The Balaban J connectivity index is 1.67. The van der Waals surface area contributed by atoms with Crippen molar-refractivity contribution in [1.82, 2.24) is 10.2 Å². The molecule has 0 aliphatic carbocycles. The number of urea groups is 1. The molecule has 9 nitrogen and oxygen atoms in total. The first-order chi connectivity index (χ1) is 18.2. The molecule has 1 heterocycles. The number of hydrogen-bond donors (Lipinski definition) is 3. The summed E-state index contributed by atoms with van der Waals surface area (Å²) in [5.41, 5.74) is 1.81. The van der Waals surface area contributed by atoms with Gasteiger partial charge in [0.05, 0.1) is 13.5 Å². The number of fused-ring (bicyclic) bond motifs is 1. The molecule has 0 fully saturated rings. The SMILES string of the molecule is COc1cccc(NC(=O)NC2(CC(=O)Nc3ccc(C)cc3)C(=O)N(CCN(C)C)c3ccccc32)c1. The highest BCUT2D eigenvalue weighted by Crippen LogP contribution is 2.42. The molecule has 1 atom stereocenters. The summed E-state index contributed by atoms with van der Waals surface area (Å²) >= 11 is 0. The van der Waals surface area contributed by atoms with Crippen LogP contribution >= 0.6 is 0 Å². The Morgan fingerprint density at radius 1 is 0.947 bits per heavy atom. The maximum atomic E-state index is 14.1. The van der Waals surface area contributed by atoms with Gasteiger partial charge in [-0.1, -0.05) is 42.0 Å². The number of nitrogens with one attached hydrogen (secondary N) is 3. The number of ether oxygens (including phenoxy) is 1. The highest BCUT2D eigenvalue weighted by molar-refractivity contribution is 6.12. The van der Waals surface area contributed by atoms with Crippen molar-refractivity contribution in [2.45, 2.75) is 18.9 Å². The lowest BCUT2D eigenvalue weighted by Gasteiger charge is -2.30. The molecule has 4 rings (SSSR count). The Bertz CT molecular complexity index is 1320. The molecular weight excluding hydrogens is 482 g/mol. The third-order valence-corrected chi connectivity index (χ3v) is 6.45. The highest BCUT2D eigenvalue weighted by Gasteiger charge is 2.53. The number of likely N-dealkylation sites (N-methyl/N-ethyl adjacent to an activating group) is 1. The van der Waals surface area contributed by atoms with Crippen LogP contribution in [0.3, 0.4) is 0 Å². The van der Waals surface area contributed by atoms with E-state index in [1.54, 1.807) is 53.4 Å². The number of carbonyl (C=O) groups excluding carboxylic acids is 3. The van der Waals surface area contributed by atoms with Crippen LogP contribution in [0, 0.1) is 6.92 Å². The van der Waals surface area contributed by atoms with E-state index >= 15 is 0 Å². The third kappa shape index (κ3) is 5.78. The number of amides is 4. The number of rotatable bonds is 9. The highest BCUT2D eigenvalue weighted by atomic mass is 16.5. The summed E-state index contributed by atoms with van der Waals surface area (Å²) in [6.07, 6.45) is -0.277. The normalized spacial score (nSPS) is 16.2. The molecule has 3 N–H and O–H groups in total. The van der Waals surface area contributed by atoms with E-state index in [-0.39, 0.29) is 12.3 Å². The van der Waals surface area contributed by atoms with Gasteiger partial charge in [0, 0.05) is 41.8 Å². The minimum atomic E-state index is -1.60. The monoisotopic (exact) mass is 515 g/mol. The molecule has 0 saturated heterocycles. The van der Waals surface area contributed by atoms with Gasteiger partial charge < -0.3 is 30.5 Å². The van der Waals surface area contributed by atoms with Crippen molar-refractivity contribution in [1.29, 1.82) is 0 Å². The Kier molecular flexibility index (Phi) is 7.97. The van der Waals surface area contributed by atoms with Crippen molar-refractivity contribution in [2.24, 2.45) is 0 Å². The van der Waals surface area contributed by atoms with Crippen molar-refractivity contribution in [3.8, 4) is 5.75 Å². The van der Waals surface area contributed by atoms with Crippen molar-refractivity contribution >= 4 is 34.9 Å². The van der Waals surface area contributed by atoms with Crippen LogP contribution in [0.25, 0.3) is 0 Å². The summed E-state index contributed by atoms with van der Waals surface area (Å²) in [6.45, 7) is 2.98. The fraction of sp³-hybridized carbons (Fsp3) is 0.276. The molecule has 3 aromatic carbocycles. The van der Waals surface area contributed by atoms with Gasteiger partial charge in [0.1, 0.15) is 5.75 Å². The summed E-state index contributed by atoms with van der Waals surface area (Å²) in [5, 5.41) is 8.51. The number of anilines is 3. The Morgan fingerprint density at radius 2 is 1.68 bits per heavy atom. The summed E-state index contributed by atoms with van der Waals surface area (Å²) in [6, 6.07) is 20.9. The Morgan fingerprint density at radius 3 is 2.39 bits per heavy atom. The first kappa shape index (κ1) is 26.7. The van der Waals surface area contributed by atoms with Crippen molar-refractivity contribution in [3.05, 3.63) is 83.9 Å². The van der Waals surface area contributed by atoms with Crippen LogP contribution in [0.4, 0.5) is 21.9 Å². The summed E-state index contributed by atoms with van der Waals surface area (Å²) in [4.78, 5) is 44.3. The van der Waals surface area contributed by atoms with Gasteiger partial charge in [-0.3, -0.25) is 9.59 Å². The lowest BCUT2D eigenvalue weighted by atomic mass is 9.87. The molecule has 3 aromatic rings. The third-order valence-electron chi connectivity index (χ3n) is 6.45. The quantitative estimate of drug-likeness (QED) is 0.400. The standard InChI is InChI=1S/C29H33N5O4/c1-20-12-14-21(15-13-20)30-26(35)19-29(32-28(37)31-22-8-7-9-23(18-22)38-4)24-10-5-6-11-25(24)34(27(29)36)17-16-33(2)3/h5-15,18H,16-17,19H2,1-4H3,(H,30,35)(H2,31,32,37). The molecule has 1 aliphatic heterocycles. The second-order valence-electron chi connectivity index (χ2n) is 9.58. The number of para-hydroxylation sites is 1. The molecule has 38 heavy (non-hydrogen) atoms. The second kappa shape index (κ2) is 11.4. The van der Waals surface area contributed by atoms with E-state index in [1.807, 2.05) is 50.2 Å². The van der Waals surface area contributed by atoms with Crippen LogP contribution < -0.4 is 25.6 Å². The van der Waals surface area contributed by atoms with Gasteiger partial charge in [-0.25, -0.2) is 4.79 Å². The molecule has 0 aromatic heterocycles. The van der Waals surface area contributed by atoms with E-state index in [1.165, 1.54) is 7.11 Å². The largest absolute Gasteiger partial charge is 0.497 e. The van der Waals surface area contributed by atoms with E-state index in [0.29, 0.717) is 41.5 Å². The Labute approximate surface area is 222 Å². The fourth-order valence-corrected chi connectivity index (χ4v) is 4.52. The number of methoxy groups -OCH3 is 1. The molecule has 1 unspecified atom stereocenters. The lowest BCUT2D eigenvalue weighted by Crippen LogP contribution is -2.56. The molecule has 0 bridgehead atoms. The van der Waals surface area contributed by atoms with Crippen molar-refractivity contribution in [2.75, 3.05) is 49.8 Å². The van der Waals surface area contributed by atoms with E-state index in [9.17, 15) is 14.4 Å². The molecule has 198 valence electrons. The van der Waals surface area contributed by atoms with Crippen LogP contribution in [0.5, 0.6) is 5.75 Å². The zero-order valence-electron chi connectivity index (χ0n) is 22.1. The minimum absolute atomic E-state index is 0.277. The van der Waals surface area contributed by atoms with Gasteiger partial charge in [0.2, 0.25) is 5.91 Å². The lowest BCUT2D eigenvalue weighted by molar-refractivity contribution is -0.128. The maximum Gasteiger partial charge on any atom is 0.320 e. The number of nitrogens with zero attached hydrogens (tertiary/aromatic N) is 2. The number of aryl methyl sites for hydroxylation is 1. The maximum absolute atomic E-state index is 14.1. The molecular formula is C29H33N5O4. The second-order valence-corrected chi connectivity index (χ2v) is 9.58. The molecule has 0 radical (unpaired) electrons. The molecule has 0 spiro atoms. The summed E-state index contributed by atoms with van der Waals surface area (Å²) in [5.74, 6) is -0.180. The van der Waals surface area contributed by atoms with Gasteiger partial charge in [0.15, 0.2) is 5.54 Å². The predicted molar refractivity (Wildman–Crippen MR) is 149 cm³/mol. The van der Waals surface area contributed by atoms with E-state index in [4.69, 9.17) is 4.74 Å². The molecule has 0 saturated carbocycles. The van der Waals surface area contributed by atoms with Gasteiger partial charge in [-0.05, 0) is 51.4 Å². The number of carbonyl (C=O) groups is 3. The predicted octanol–water partition coefficient (Wildman–Crippen LogP) is 3.96. The van der Waals surface area contributed by atoms with Gasteiger partial charge in [0.25, 0.3) is 5.91 Å². The molecule has 4 amide bonds. The Hall–Kier alpha value is -4.37. The summed E-state index contributed by atoms with van der Waals surface area (Å²) in [7, 11) is 5.39. The zero-order chi connectivity index (χ0) is 27.3. The average molecular weight is 516 g/mol. The minimum Gasteiger partial charge on any atom is -0.497 e. The molecule has 1 aliphatic rings. The van der Waals surface area contributed by atoms with Gasteiger partial charge >= 0.3 is 6.03 Å². The van der Waals surface area contributed by atoms with Crippen molar-refractivity contribution in [3.63, 3.8) is 0 Å². The van der Waals surface area contributed by atoms with Crippen LogP contribution in [-0.2, 0) is 15.1 Å². The van der Waals surface area contributed by atoms with Gasteiger partial charge in [-0.15, -0.1) is 0 Å². The van der Waals surface area contributed by atoms with Crippen LogP contribution in [0.1, 0.15) is 17.5 Å². The number of benzene rings is 3.